The average Bonchev–Trinajstić information content (AvgIpc) is 2.47. The summed E-state index contributed by atoms with van der Waals surface area (Å²) < 4.78 is 32.6. The van der Waals surface area contributed by atoms with Crippen molar-refractivity contribution in [3.05, 3.63) is 24.3 Å². The van der Waals surface area contributed by atoms with Gasteiger partial charge in [-0.05, 0) is 50.2 Å². The minimum absolute atomic E-state index is 0.00587. The topological polar surface area (TPSA) is 72.5 Å². The lowest BCUT2D eigenvalue weighted by molar-refractivity contribution is -0.124. The summed E-state index contributed by atoms with van der Waals surface area (Å²) in [6.07, 6.45) is 3.31. The van der Waals surface area contributed by atoms with Gasteiger partial charge in [0, 0.05) is 5.92 Å². The van der Waals surface area contributed by atoms with Gasteiger partial charge in [-0.3, -0.25) is 4.79 Å². The Labute approximate surface area is 138 Å². The van der Waals surface area contributed by atoms with Gasteiger partial charge in [0.2, 0.25) is 5.91 Å². The second-order valence-electron chi connectivity index (χ2n) is 6.79. The number of hydrogen-bond acceptors (Lipinski definition) is 4. The molecule has 1 aromatic carbocycles. The van der Waals surface area contributed by atoms with E-state index in [2.05, 4.69) is 18.6 Å². The lowest BCUT2D eigenvalue weighted by Gasteiger charge is -2.33. The second-order valence-corrected chi connectivity index (χ2v) is 8.44. The molecule has 0 bridgehead atoms. The van der Waals surface area contributed by atoms with Crippen LogP contribution in [0.25, 0.3) is 0 Å². The van der Waals surface area contributed by atoms with E-state index in [1.54, 1.807) is 25.1 Å². The first kappa shape index (κ1) is 17.8. The van der Waals surface area contributed by atoms with Crippen LogP contribution in [0.1, 0.15) is 46.5 Å². The van der Waals surface area contributed by atoms with E-state index < -0.39 is 15.9 Å². The fourth-order valence-corrected chi connectivity index (χ4v) is 4.07. The SMILES string of the molecule is CCOc1ccccc1S(=O)(=O)NC(=O)C1CCC(C)(C)CC1. The summed E-state index contributed by atoms with van der Waals surface area (Å²) in [5.41, 5.74) is 0.233. The summed E-state index contributed by atoms with van der Waals surface area (Å²) in [4.78, 5) is 12.3. The third-order valence-corrected chi connectivity index (χ3v) is 5.77. The minimum atomic E-state index is -3.91. The molecule has 1 amide bonds. The van der Waals surface area contributed by atoms with Crippen LogP contribution >= 0.6 is 0 Å². The molecule has 1 aliphatic carbocycles. The molecule has 0 spiro atoms. The standard InChI is InChI=1S/C17H25NO4S/c1-4-22-14-7-5-6-8-15(14)23(20,21)18-16(19)13-9-11-17(2,3)12-10-13/h5-8,13H,4,9-12H2,1-3H3,(H,18,19). The first-order chi connectivity index (χ1) is 10.7. The van der Waals surface area contributed by atoms with Gasteiger partial charge in [0.1, 0.15) is 10.6 Å². The van der Waals surface area contributed by atoms with Crippen LogP contribution in [0, 0.1) is 11.3 Å². The van der Waals surface area contributed by atoms with Gasteiger partial charge in [0.15, 0.2) is 0 Å². The van der Waals surface area contributed by atoms with Crippen LogP contribution in [0.2, 0.25) is 0 Å². The van der Waals surface area contributed by atoms with Crippen molar-refractivity contribution in [1.82, 2.24) is 4.72 Å². The summed E-state index contributed by atoms with van der Waals surface area (Å²) >= 11 is 0. The molecule has 1 aliphatic rings. The van der Waals surface area contributed by atoms with Crippen molar-refractivity contribution in [2.45, 2.75) is 51.3 Å². The molecule has 0 atom stereocenters. The monoisotopic (exact) mass is 339 g/mol. The molecule has 23 heavy (non-hydrogen) atoms. The van der Waals surface area contributed by atoms with Gasteiger partial charge in [-0.2, -0.15) is 0 Å². The molecule has 1 fully saturated rings. The summed E-state index contributed by atoms with van der Waals surface area (Å²) in [6.45, 7) is 6.50. The van der Waals surface area contributed by atoms with Crippen LogP contribution in [0.3, 0.4) is 0 Å². The van der Waals surface area contributed by atoms with Gasteiger partial charge >= 0.3 is 0 Å². The van der Waals surface area contributed by atoms with Crippen LogP contribution in [0.5, 0.6) is 5.75 Å². The highest BCUT2D eigenvalue weighted by Crippen LogP contribution is 2.38. The van der Waals surface area contributed by atoms with E-state index in [0.29, 0.717) is 6.61 Å². The molecule has 0 aliphatic heterocycles. The predicted octanol–water partition coefficient (Wildman–Crippen LogP) is 3.11. The van der Waals surface area contributed by atoms with E-state index in [4.69, 9.17) is 4.74 Å². The van der Waals surface area contributed by atoms with Gasteiger partial charge in [0.05, 0.1) is 6.61 Å². The maximum Gasteiger partial charge on any atom is 0.267 e. The normalized spacial score (nSPS) is 18.4. The number of ether oxygens (including phenoxy) is 1. The first-order valence-electron chi connectivity index (χ1n) is 8.04. The van der Waals surface area contributed by atoms with Crippen molar-refractivity contribution in [3.8, 4) is 5.75 Å². The molecule has 0 unspecified atom stereocenters. The number of sulfonamides is 1. The molecule has 5 nitrogen and oxygen atoms in total. The summed E-state index contributed by atoms with van der Waals surface area (Å²) in [5, 5.41) is 0. The quantitative estimate of drug-likeness (QED) is 0.894. The molecule has 0 radical (unpaired) electrons. The Hall–Kier alpha value is -1.56. The van der Waals surface area contributed by atoms with Crippen molar-refractivity contribution in [1.29, 1.82) is 0 Å². The molecule has 1 saturated carbocycles. The highest BCUT2D eigenvalue weighted by molar-refractivity contribution is 7.90. The Morgan fingerprint density at radius 2 is 1.87 bits per heavy atom. The fourth-order valence-electron chi connectivity index (χ4n) is 2.88. The molecule has 128 valence electrons. The Bertz CT molecular complexity index is 657. The number of carbonyl (C=O) groups excluding carboxylic acids is 1. The number of rotatable bonds is 5. The molecule has 0 heterocycles. The van der Waals surface area contributed by atoms with Crippen molar-refractivity contribution in [2.75, 3.05) is 6.61 Å². The first-order valence-corrected chi connectivity index (χ1v) is 9.52. The highest BCUT2D eigenvalue weighted by Gasteiger charge is 2.33. The number of hydrogen-bond donors (Lipinski definition) is 1. The van der Waals surface area contributed by atoms with E-state index in [1.807, 2.05) is 0 Å². The molecule has 0 saturated heterocycles. The predicted molar refractivity (Wildman–Crippen MR) is 88.7 cm³/mol. The van der Waals surface area contributed by atoms with Crippen molar-refractivity contribution < 1.29 is 17.9 Å². The zero-order chi connectivity index (χ0) is 17.1. The number of benzene rings is 1. The lowest BCUT2D eigenvalue weighted by Crippen LogP contribution is -2.38. The van der Waals surface area contributed by atoms with Gasteiger partial charge in [-0.15, -0.1) is 0 Å². The molecule has 6 heteroatoms. The van der Waals surface area contributed by atoms with Gasteiger partial charge in [-0.25, -0.2) is 13.1 Å². The maximum absolute atomic E-state index is 12.5. The third-order valence-electron chi connectivity index (χ3n) is 4.38. The highest BCUT2D eigenvalue weighted by atomic mass is 32.2. The summed E-state index contributed by atoms with van der Waals surface area (Å²) in [6, 6.07) is 6.36. The van der Waals surface area contributed by atoms with Crippen LogP contribution in [-0.4, -0.2) is 20.9 Å². The fraction of sp³-hybridized carbons (Fsp3) is 0.588. The van der Waals surface area contributed by atoms with Gasteiger partial charge in [0.25, 0.3) is 10.0 Å². The molecule has 0 aromatic heterocycles. The average molecular weight is 339 g/mol. The minimum Gasteiger partial charge on any atom is -0.492 e. The van der Waals surface area contributed by atoms with E-state index in [0.717, 1.165) is 25.7 Å². The zero-order valence-electron chi connectivity index (χ0n) is 14.0. The number of carbonyl (C=O) groups is 1. The Morgan fingerprint density at radius 1 is 1.26 bits per heavy atom. The summed E-state index contributed by atoms with van der Waals surface area (Å²) in [7, 11) is -3.91. The van der Waals surface area contributed by atoms with E-state index in [9.17, 15) is 13.2 Å². The molecular weight excluding hydrogens is 314 g/mol. The van der Waals surface area contributed by atoms with Gasteiger partial charge < -0.3 is 4.74 Å². The van der Waals surface area contributed by atoms with Crippen molar-refractivity contribution in [3.63, 3.8) is 0 Å². The van der Waals surface area contributed by atoms with Gasteiger partial charge in [-0.1, -0.05) is 26.0 Å². The van der Waals surface area contributed by atoms with Crippen molar-refractivity contribution >= 4 is 15.9 Å². The maximum atomic E-state index is 12.5. The third kappa shape index (κ3) is 4.47. The molecule has 1 N–H and O–H groups in total. The lowest BCUT2D eigenvalue weighted by atomic mass is 9.73. The van der Waals surface area contributed by atoms with Crippen molar-refractivity contribution in [2.24, 2.45) is 11.3 Å². The largest absolute Gasteiger partial charge is 0.492 e. The molecular formula is C17H25NO4S. The van der Waals surface area contributed by atoms with Crippen LogP contribution < -0.4 is 9.46 Å². The number of para-hydroxylation sites is 1. The molecule has 1 aromatic rings. The van der Waals surface area contributed by atoms with Crippen LogP contribution in [0.4, 0.5) is 0 Å². The van der Waals surface area contributed by atoms with E-state index in [1.165, 1.54) is 6.07 Å². The number of nitrogens with one attached hydrogen (secondary N) is 1. The summed E-state index contributed by atoms with van der Waals surface area (Å²) in [5.74, 6) is -0.385. The van der Waals surface area contributed by atoms with E-state index in [-0.39, 0.29) is 22.0 Å². The Morgan fingerprint density at radius 3 is 2.48 bits per heavy atom. The smallest absolute Gasteiger partial charge is 0.267 e. The van der Waals surface area contributed by atoms with Crippen LogP contribution in [0.15, 0.2) is 29.2 Å². The second kappa shape index (κ2) is 6.91. The van der Waals surface area contributed by atoms with Crippen LogP contribution in [-0.2, 0) is 14.8 Å². The Balaban J connectivity index is 2.11. The van der Waals surface area contributed by atoms with E-state index >= 15 is 0 Å². The number of amides is 1. The zero-order valence-corrected chi connectivity index (χ0v) is 14.8. The molecule has 2 rings (SSSR count). The Kier molecular flexibility index (Phi) is 5.34.